The Kier molecular flexibility index (Phi) is 5.37. The summed E-state index contributed by atoms with van der Waals surface area (Å²) in [6, 6.07) is 0. The molecule has 1 amide bonds. The van der Waals surface area contributed by atoms with Crippen LogP contribution in [-0.2, 0) is 19.0 Å². The first-order chi connectivity index (χ1) is 10.7. The molecule has 0 aromatic heterocycles. The van der Waals surface area contributed by atoms with Gasteiger partial charge in [0.1, 0.15) is 6.61 Å². The maximum absolute atomic E-state index is 12.1. The third kappa shape index (κ3) is 3.47. The highest BCUT2D eigenvalue weighted by Gasteiger charge is 2.50. The van der Waals surface area contributed by atoms with Crippen molar-refractivity contribution in [1.82, 2.24) is 4.90 Å². The SMILES string of the molecule is COCC(=O)N1C[C@@H]2CCC[C@]2(COCC2CCOCC2)C1. The lowest BCUT2D eigenvalue weighted by Crippen LogP contribution is -2.36. The van der Waals surface area contributed by atoms with Gasteiger partial charge >= 0.3 is 0 Å². The third-order valence-electron chi connectivity index (χ3n) is 5.74. The Labute approximate surface area is 133 Å². The van der Waals surface area contributed by atoms with Crippen LogP contribution in [0.1, 0.15) is 32.1 Å². The molecular formula is C17H29NO4. The molecule has 3 aliphatic rings. The van der Waals surface area contributed by atoms with Crippen LogP contribution in [0.15, 0.2) is 0 Å². The van der Waals surface area contributed by atoms with Gasteiger partial charge in [0.2, 0.25) is 5.91 Å². The van der Waals surface area contributed by atoms with Crippen molar-refractivity contribution in [3.63, 3.8) is 0 Å². The van der Waals surface area contributed by atoms with E-state index in [9.17, 15) is 4.79 Å². The van der Waals surface area contributed by atoms with E-state index in [2.05, 4.69) is 0 Å². The molecule has 0 spiro atoms. The highest BCUT2D eigenvalue weighted by Crippen LogP contribution is 2.48. The lowest BCUT2D eigenvalue weighted by atomic mass is 9.81. The molecule has 3 rings (SSSR count). The standard InChI is InChI=1S/C17H29NO4/c1-20-11-16(19)18-9-15-3-2-6-17(15,12-18)13-22-10-14-4-7-21-8-5-14/h14-15H,2-13H2,1H3/t15-,17+/m0/s1. The van der Waals surface area contributed by atoms with Crippen molar-refractivity contribution < 1.29 is 19.0 Å². The van der Waals surface area contributed by atoms with Crippen LogP contribution in [0.3, 0.4) is 0 Å². The molecule has 0 aromatic carbocycles. The van der Waals surface area contributed by atoms with Crippen molar-refractivity contribution in [2.45, 2.75) is 32.1 Å². The number of carbonyl (C=O) groups is 1. The van der Waals surface area contributed by atoms with E-state index in [1.54, 1.807) is 7.11 Å². The highest BCUT2D eigenvalue weighted by molar-refractivity contribution is 5.77. The molecule has 3 fully saturated rings. The van der Waals surface area contributed by atoms with Gasteiger partial charge in [-0.2, -0.15) is 0 Å². The summed E-state index contributed by atoms with van der Waals surface area (Å²) in [4.78, 5) is 14.1. The van der Waals surface area contributed by atoms with Gasteiger partial charge < -0.3 is 19.1 Å². The van der Waals surface area contributed by atoms with Crippen LogP contribution in [0.2, 0.25) is 0 Å². The fourth-order valence-electron chi connectivity index (χ4n) is 4.40. The lowest BCUT2D eigenvalue weighted by molar-refractivity contribution is -0.134. The fourth-order valence-corrected chi connectivity index (χ4v) is 4.40. The minimum atomic E-state index is 0.126. The number of likely N-dealkylation sites (tertiary alicyclic amines) is 1. The molecule has 1 saturated carbocycles. The molecule has 126 valence electrons. The zero-order chi connectivity index (χ0) is 15.4. The van der Waals surface area contributed by atoms with E-state index in [1.165, 1.54) is 19.3 Å². The summed E-state index contributed by atoms with van der Waals surface area (Å²) in [7, 11) is 1.58. The first-order valence-corrected chi connectivity index (χ1v) is 8.66. The Balaban J connectivity index is 1.50. The van der Waals surface area contributed by atoms with Gasteiger partial charge in [0.05, 0.1) is 6.61 Å². The van der Waals surface area contributed by atoms with E-state index >= 15 is 0 Å². The Bertz CT molecular complexity index is 383. The van der Waals surface area contributed by atoms with E-state index < -0.39 is 0 Å². The molecule has 2 atom stereocenters. The molecule has 0 unspecified atom stereocenters. The van der Waals surface area contributed by atoms with E-state index in [-0.39, 0.29) is 17.9 Å². The van der Waals surface area contributed by atoms with Crippen molar-refractivity contribution in [2.24, 2.45) is 17.3 Å². The summed E-state index contributed by atoms with van der Waals surface area (Å²) in [5.74, 6) is 1.39. The second-order valence-electron chi connectivity index (χ2n) is 7.23. The van der Waals surface area contributed by atoms with Gasteiger partial charge in [-0.3, -0.25) is 4.79 Å². The van der Waals surface area contributed by atoms with Crippen LogP contribution < -0.4 is 0 Å². The zero-order valence-corrected chi connectivity index (χ0v) is 13.7. The van der Waals surface area contributed by atoms with Crippen LogP contribution >= 0.6 is 0 Å². The van der Waals surface area contributed by atoms with Gasteiger partial charge in [0.15, 0.2) is 0 Å². The lowest BCUT2D eigenvalue weighted by Gasteiger charge is -2.30. The molecule has 22 heavy (non-hydrogen) atoms. The van der Waals surface area contributed by atoms with E-state index in [0.717, 1.165) is 52.4 Å². The van der Waals surface area contributed by atoms with Crippen molar-refractivity contribution in [3.8, 4) is 0 Å². The number of amides is 1. The van der Waals surface area contributed by atoms with Crippen molar-refractivity contribution in [3.05, 3.63) is 0 Å². The predicted molar refractivity (Wildman–Crippen MR) is 82.6 cm³/mol. The number of carbonyl (C=O) groups excluding carboxylic acids is 1. The predicted octanol–water partition coefficient (Wildman–Crippen LogP) is 1.70. The fraction of sp³-hybridized carbons (Fsp3) is 0.941. The number of fused-ring (bicyclic) bond motifs is 1. The molecule has 1 aliphatic carbocycles. The zero-order valence-electron chi connectivity index (χ0n) is 13.7. The van der Waals surface area contributed by atoms with Crippen LogP contribution in [0, 0.1) is 17.3 Å². The van der Waals surface area contributed by atoms with Gasteiger partial charge in [0.25, 0.3) is 0 Å². The Morgan fingerprint density at radius 3 is 2.91 bits per heavy atom. The maximum Gasteiger partial charge on any atom is 0.248 e. The van der Waals surface area contributed by atoms with Crippen LogP contribution in [0.5, 0.6) is 0 Å². The minimum absolute atomic E-state index is 0.126. The number of rotatable bonds is 6. The summed E-state index contributed by atoms with van der Waals surface area (Å²) in [6.07, 6.45) is 5.95. The smallest absolute Gasteiger partial charge is 0.248 e. The molecular weight excluding hydrogens is 282 g/mol. The van der Waals surface area contributed by atoms with E-state index in [0.29, 0.717) is 11.8 Å². The van der Waals surface area contributed by atoms with Crippen molar-refractivity contribution >= 4 is 5.91 Å². The second-order valence-corrected chi connectivity index (χ2v) is 7.23. The largest absolute Gasteiger partial charge is 0.381 e. The molecule has 0 N–H and O–H groups in total. The number of hydrogen-bond donors (Lipinski definition) is 0. The van der Waals surface area contributed by atoms with Gasteiger partial charge in [-0.05, 0) is 37.5 Å². The number of nitrogens with zero attached hydrogens (tertiary/aromatic N) is 1. The summed E-state index contributed by atoms with van der Waals surface area (Å²) in [5, 5.41) is 0. The molecule has 2 aliphatic heterocycles. The number of methoxy groups -OCH3 is 1. The average molecular weight is 311 g/mol. The molecule has 0 bridgehead atoms. The van der Waals surface area contributed by atoms with E-state index in [4.69, 9.17) is 14.2 Å². The molecule has 2 heterocycles. The first-order valence-electron chi connectivity index (χ1n) is 8.66. The van der Waals surface area contributed by atoms with Gasteiger partial charge in [-0.25, -0.2) is 0 Å². The Morgan fingerprint density at radius 2 is 2.14 bits per heavy atom. The van der Waals surface area contributed by atoms with Crippen LogP contribution in [0.4, 0.5) is 0 Å². The van der Waals surface area contributed by atoms with Crippen molar-refractivity contribution in [2.75, 3.05) is 53.2 Å². The monoisotopic (exact) mass is 311 g/mol. The number of ether oxygens (including phenoxy) is 3. The summed E-state index contributed by atoms with van der Waals surface area (Å²) in [6.45, 7) is 5.36. The van der Waals surface area contributed by atoms with Crippen LogP contribution in [0.25, 0.3) is 0 Å². The molecule has 0 aromatic rings. The topological polar surface area (TPSA) is 48.0 Å². The summed E-state index contributed by atoms with van der Waals surface area (Å²) in [5.41, 5.74) is 0.203. The molecule has 2 saturated heterocycles. The van der Waals surface area contributed by atoms with E-state index in [1.807, 2.05) is 4.90 Å². The van der Waals surface area contributed by atoms with Gasteiger partial charge in [0, 0.05) is 45.4 Å². The summed E-state index contributed by atoms with van der Waals surface area (Å²) >= 11 is 0. The Hall–Kier alpha value is -0.650. The minimum Gasteiger partial charge on any atom is -0.381 e. The molecule has 0 radical (unpaired) electrons. The highest BCUT2D eigenvalue weighted by atomic mass is 16.5. The third-order valence-corrected chi connectivity index (χ3v) is 5.74. The molecule has 5 nitrogen and oxygen atoms in total. The maximum atomic E-state index is 12.1. The first kappa shape index (κ1) is 16.2. The quantitative estimate of drug-likeness (QED) is 0.749. The summed E-state index contributed by atoms with van der Waals surface area (Å²) < 4.78 is 16.5. The average Bonchev–Trinajstić information content (AvgIpc) is 3.05. The normalized spacial score (nSPS) is 32.4. The van der Waals surface area contributed by atoms with Gasteiger partial charge in [-0.15, -0.1) is 0 Å². The Morgan fingerprint density at radius 1 is 1.32 bits per heavy atom. The second kappa shape index (κ2) is 7.28. The van der Waals surface area contributed by atoms with Crippen LogP contribution in [-0.4, -0.2) is 64.0 Å². The van der Waals surface area contributed by atoms with Gasteiger partial charge in [-0.1, -0.05) is 6.42 Å². The number of hydrogen-bond acceptors (Lipinski definition) is 4. The molecule has 5 heteroatoms. The van der Waals surface area contributed by atoms with Crippen molar-refractivity contribution in [1.29, 1.82) is 0 Å².